The molecular weight excluding hydrogens is 406 g/mol. The summed E-state index contributed by atoms with van der Waals surface area (Å²) in [6.45, 7) is 5.85. The number of rotatable bonds is 6. The Morgan fingerprint density at radius 2 is 1.91 bits per heavy atom. The van der Waals surface area contributed by atoms with Gasteiger partial charge in [0.25, 0.3) is 5.91 Å². The van der Waals surface area contributed by atoms with Gasteiger partial charge in [0, 0.05) is 38.1 Å². The van der Waals surface area contributed by atoms with Crippen molar-refractivity contribution in [3.05, 3.63) is 47.5 Å². The van der Waals surface area contributed by atoms with Gasteiger partial charge in [-0.05, 0) is 50.5 Å². The van der Waals surface area contributed by atoms with Crippen molar-refractivity contribution in [2.24, 2.45) is 0 Å². The predicted molar refractivity (Wildman–Crippen MR) is 120 cm³/mol. The summed E-state index contributed by atoms with van der Waals surface area (Å²) in [7, 11) is 0. The van der Waals surface area contributed by atoms with E-state index in [1.165, 1.54) is 6.42 Å². The molecule has 0 radical (unpaired) electrons. The van der Waals surface area contributed by atoms with Crippen molar-refractivity contribution in [2.45, 2.75) is 71.2 Å². The summed E-state index contributed by atoms with van der Waals surface area (Å²) >= 11 is 0. The molecule has 0 N–H and O–H groups in total. The third-order valence-electron chi connectivity index (χ3n) is 6.43. The zero-order chi connectivity index (χ0) is 22.5. The summed E-state index contributed by atoms with van der Waals surface area (Å²) in [6.07, 6.45) is 8.81. The molecule has 1 unspecified atom stereocenters. The number of aryl methyl sites for hydroxylation is 2. The summed E-state index contributed by atoms with van der Waals surface area (Å²) < 4.78 is 7.97. The number of hydrogen-bond acceptors (Lipinski definition) is 5. The van der Waals surface area contributed by atoms with Crippen molar-refractivity contribution in [3.8, 4) is 0 Å². The lowest BCUT2D eigenvalue weighted by Gasteiger charge is -2.34. The average molecular weight is 440 g/mol. The van der Waals surface area contributed by atoms with Gasteiger partial charge in [0.1, 0.15) is 12.2 Å². The van der Waals surface area contributed by atoms with Crippen molar-refractivity contribution >= 4 is 11.8 Å². The first-order valence-electron chi connectivity index (χ1n) is 11.7. The van der Waals surface area contributed by atoms with E-state index in [-0.39, 0.29) is 30.5 Å². The molecule has 2 fully saturated rings. The van der Waals surface area contributed by atoms with Crippen LogP contribution in [0, 0.1) is 6.92 Å². The molecule has 4 rings (SSSR count). The molecule has 1 atom stereocenters. The Bertz CT molecular complexity index is 923. The minimum atomic E-state index is -0.250. The molecule has 8 nitrogen and oxygen atoms in total. The smallest absolute Gasteiger partial charge is 0.272 e. The fourth-order valence-electron chi connectivity index (χ4n) is 4.76. The van der Waals surface area contributed by atoms with Crippen LogP contribution in [0.25, 0.3) is 0 Å². The van der Waals surface area contributed by atoms with E-state index < -0.39 is 0 Å². The van der Waals surface area contributed by atoms with Gasteiger partial charge in [-0.2, -0.15) is 5.10 Å². The summed E-state index contributed by atoms with van der Waals surface area (Å²) in [5.41, 5.74) is 2.35. The van der Waals surface area contributed by atoms with Crippen molar-refractivity contribution in [2.75, 3.05) is 19.6 Å². The number of aromatic nitrogens is 3. The van der Waals surface area contributed by atoms with Crippen LogP contribution in [-0.2, 0) is 22.7 Å². The molecule has 1 aliphatic carbocycles. The van der Waals surface area contributed by atoms with Gasteiger partial charge in [0.15, 0.2) is 0 Å². The Balaban J connectivity index is 1.55. The third kappa shape index (κ3) is 5.18. The molecule has 0 spiro atoms. The molecule has 2 aliphatic rings. The second-order valence-electron chi connectivity index (χ2n) is 8.80. The van der Waals surface area contributed by atoms with E-state index >= 15 is 0 Å². The number of carbonyl (C=O) groups is 2. The van der Waals surface area contributed by atoms with E-state index in [0.29, 0.717) is 31.9 Å². The fourth-order valence-corrected chi connectivity index (χ4v) is 4.76. The molecular formula is C24H33N5O3. The number of amides is 2. The largest absolute Gasteiger partial charge is 0.370 e. The highest BCUT2D eigenvalue weighted by Crippen LogP contribution is 2.25. The Hall–Kier alpha value is -2.74. The van der Waals surface area contributed by atoms with Gasteiger partial charge in [-0.1, -0.05) is 19.3 Å². The topological polar surface area (TPSA) is 80.6 Å². The van der Waals surface area contributed by atoms with Gasteiger partial charge in [-0.15, -0.1) is 0 Å². The lowest BCUT2D eigenvalue weighted by Crippen LogP contribution is -2.46. The maximum absolute atomic E-state index is 13.4. The first-order valence-corrected chi connectivity index (χ1v) is 11.7. The molecule has 2 aromatic rings. The quantitative estimate of drug-likeness (QED) is 0.691. The number of pyridine rings is 1. The van der Waals surface area contributed by atoms with Gasteiger partial charge in [-0.3, -0.25) is 19.3 Å². The molecule has 2 aromatic heterocycles. The summed E-state index contributed by atoms with van der Waals surface area (Å²) in [4.78, 5) is 34.4. The lowest BCUT2D eigenvalue weighted by atomic mass is 9.94. The second-order valence-corrected chi connectivity index (χ2v) is 8.80. The normalized spacial score (nSPS) is 20.4. The minimum Gasteiger partial charge on any atom is -0.370 e. The van der Waals surface area contributed by atoms with E-state index in [1.54, 1.807) is 28.0 Å². The van der Waals surface area contributed by atoms with E-state index in [2.05, 4.69) is 10.1 Å². The van der Waals surface area contributed by atoms with E-state index in [1.807, 2.05) is 30.9 Å². The Labute approximate surface area is 189 Å². The summed E-state index contributed by atoms with van der Waals surface area (Å²) in [5, 5.41) is 4.41. The van der Waals surface area contributed by atoms with Gasteiger partial charge in [0.05, 0.1) is 18.4 Å². The average Bonchev–Trinajstić information content (AvgIpc) is 3.12. The zero-order valence-electron chi connectivity index (χ0n) is 19.1. The monoisotopic (exact) mass is 439 g/mol. The maximum atomic E-state index is 13.4. The molecule has 32 heavy (non-hydrogen) atoms. The van der Waals surface area contributed by atoms with Crippen LogP contribution >= 0.6 is 0 Å². The summed E-state index contributed by atoms with van der Waals surface area (Å²) in [5.74, 6) is -0.150. The molecule has 172 valence electrons. The zero-order valence-corrected chi connectivity index (χ0v) is 19.1. The molecule has 0 aromatic carbocycles. The second kappa shape index (κ2) is 10.3. The molecule has 8 heteroatoms. The van der Waals surface area contributed by atoms with Crippen LogP contribution in [0.4, 0.5) is 0 Å². The number of hydrogen-bond donors (Lipinski definition) is 0. The highest BCUT2D eigenvalue weighted by Gasteiger charge is 2.35. The van der Waals surface area contributed by atoms with E-state index in [0.717, 1.165) is 36.9 Å². The van der Waals surface area contributed by atoms with Crippen molar-refractivity contribution in [3.63, 3.8) is 0 Å². The number of ether oxygens (including phenoxy) is 1. The van der Waals surface area contributed by atoms with Crippen LogP contribution in [0.2, 0.25) is 0 Å². The highest BCUT2D eigenvalue weighted by molar-refractivity contribution is 5.95. The predicted octanol–water partition coefficient (Wildman–Crippen LogP) is 2.81. The van der Waals surface area contributed by atoms with Crippen LogP contribution in [0.1, 0.15) is 60.8 Å². The minimum absolute atomic E-state index is 0.0135. The molecule has 0 bridgehead atoms. The van der Waals surface area contributed by atoms with Crippen molar-refractivity contribution in [1.29, 1.82) is 0 Å². The Morgan fingerprint density at radius 1 is 1.16 bits per heavy atom. The standard InChI is InChI=1S/C24H33N5O3/c1-3-29-22(13-18(2)26-29)24(31)27-14-21(32-17-19-9-11-25-12-10-19)15-28(23(30)16-27)20-7-5-4-6-8-20/h9-13,20-21H,3-8,14-17H2,1-2H3. The molecule has 1 saturated carbocycles. The Kier molecular flexibility index (Phi) is 7.19. The van der Waals surface area contributed by atoms with Gasteiger partial charge in [0.2, 0.25) is 5.91 Å². The number of carbonyl (C=O) groups excluding carboxylic acids is 2. The van der Waals surface area contributed by atoms with Gasteiger partial charge < -0.3 is 14.5 Å². The van der Waals surface area contributed by atoms with Crippen LogP contribution in [-0.4, -0.2) is 68.2 Å². The third-order valence-corrected chi connectivity index (χ3v) is 6.43. The fraction of sp³-hybridized carbons (Fsp3) is 0.583. The van der Waals surface area contributed by atoms with Crippen LogP contribution in [0.5, 0.6) is 0 Å². The first kappa shape index (κ1) is 22.5. The maximum Gasteiger partial charge on any atom is 0.272 e. The SMILES string of the molecule is CCn1nc(C)cc1C(=O)N1CC(=O)N(C2CCCCC2)CC(OCc2ccncc2)C1. The lowest BCUT2D eigenvalue weighted by molar-refractivity contribution is -0.134. The van der Waals surface area contributed by atoms with Crippen LogP contribution in [0.3, 0.4) is 0 Å². The van der Waals surface area contributed by atoms with Crippen LogP contribution in [0.15, 0.2) is 30.6 Å². The van der Waals surface area contributed by atoms with E-state index in [9.17, 15) is 9.59 Å². The molecule has 1 saturated heterocycles. The van der Waals surface area contributed by atoms with E-state index in [4.69, 9.17) is 4.74 Å². The van der Waals surface area contributed by atoms with Gasteiger partial charge >= 0.3 is 0 Å². The summed E-state index contributed by atoms with van der Waals surface area (Å²) in [6, 6.07) is 5.88. The molecule has 1 aliphatic heterocycles. The van der Waals surface area contributed by atoms with Gasteiger partial charge in [-0.25, -0.2) is 0 Å². The first-order chi connectivity index (χ1) is 15.5. The van der Waals surface area contributed by atoms with Crippen molar-refractivity contribution in [1.82, 2.24) is 24.6 Å². The number of nitrogens with zero attached hydrogens (tertiary/aromatic N) is 5. The highest BCUT2D eigenvalue weighted by atomic mass is 16.5. The van der Waals surface area contributed by atoms with Crippen molar-refractivity contribution < 1.29 is 14.3 Å². The molecule has 3 heterocycles. The Morgan fingerprint density at radius 3 is 2.62 bits per heavy atom. The molecule has 2 amide bonds. The van der Waals surface area contributed by atoms with Crippen LogP contribution < -0.4 is 0 Å².